The highest BCUT2D eigenvalue weighted by molar-refractivity contribution is 5.92. The molecule has 2 N–H and O–H groups in total. The first-order valence-electron chi connectivity index (χ1n) is 5.56. The lowest BCUT2D eigenvalue weighted by molar-refractivity contribution is 0.0938. The van der Waals surface area contributed by atoms with E-state index in [1.807, 2.05) is 6.92 Å². The van der Waals surface area contributed by atoms with Gasteiger partial charge in [-0.05, 0) is 18.4 Å². The van der Waals surface area contributed by atoms with Gasteiger partial charge in [-0.2, -0.15) is 5.10 Å². The van der Waals surface area contributed by atoms with Gasteiger partial charge < -0.3 is 10.4 Å². The van der Waals surface area contributed by atoms with E-state index in [4.69, 9.17) is 5.11 Å². The lowest BCUT2D eigenvalue weighted by Crippen LogP contribution is -2.29. The predicted molar refractivity (Wildman–Crippen MR) is 61.0 cm³/mol. The molecule has 1 amide bonds. The number of aliphatic hydroxyl groups excluding tert-OH is 1. The Morgan fingerprint density at radius 3 is 2.94 bits per heavy atom. The van der Waals surface area contributed by atoms with Crippen LogP contribution < -0.4 is 5.32 Å². The molecule has 0 aromatic carbocycles. The number of hydrogen-bond donors (Lipinski definition) is 2. The van der Waals surface area contributed by atoms with Gasteiger partial charge in [0.2, 0.25) is 0 Å². The Morgan fingerprint density at radius 2 is 2.44 bits per heavy atom. The van der Waals surface area contributed by atoms with Gasteiger partial charge in [0.1, 0.15) is 5.69 Å². The van der Waals surface area contributed by atoms with Crippen LogP contribution in [0, 0.1) is 5.92 Å². The van der Waals surface area contributed by atoms with Crippen molar-refractivity contribution in [3.05, 3.63) is 18.0 Å². The number of aliphatic hydroxyl groups is 1. The maximum atomic E-state index is 11.6. The molecule has 0 saturated heterocycles. The van der Waals surface area contributed by atoms with Gasteiger partial charge in [-0.3, -0.25) is 9.48 Å². The molecule has 1 aromatic heterocycles. The van der Waals surface area contributed by atoms with Crippen molar-refractivity contribution in [2.75, 3.05) is 13.2 Å². The maximum Gasteiger partial charge on any atom is 0.271 e. The monoisotopic (exact) mass is 225 g/mol. The Balaban J connectivity index is 2.40. The molecule has 1 rings (SSSR count). The summed E-state index contributed by atoms with van der Waals surface area (Å²) in [6.45, 7) is 2.80. The zero-order valence-electron chi connectivity index (χ0n) is 9.81. The fourth-order valence-electron chi connectivity index (χ4n) is 1.50. The molecule has 1 heterocycles. The first-order chi connectivity index (χ1) is 7.67. The van der Waals surface area contributed by atoms with Crippen molar-refractivity contribution in [2.45, 2.75) is 19.8 Å². The minimum Gasteiger partial charge on any atom is -0.396 e. The van der Waals surface area contributed by atoms with E-state index in [9.17, 15) is 4.79 Å². The lowest BCUT2D eigenvalue weighted by atomic mass is 10.0. The van der Waals surface area contributed by atoms with Crippen LogP contribution in [0.5, 0.6) is 0 Å². The zero-order valence-corrected chi connectivity index (χ0v) is 9.81. The van der Waals surface area contributed by atoms with Gasteiger partial charge in [-0.15, -0.1) is 0 Å². The Hall–Kier alpha value is -1.36. The number of rotatable bonds is 6. The molecule has 1 aromatic rings. The highest BCUT2D eigenvalue weighted by Crippen LogP contribution is 2.06. The van der Waals surface area contributed by atoms with E-state index in [1.165, 1.54) is 0 Å². The number of aromatic nitrogens is 2. The van der Waals surface area contributed by atoms with E-state index in [0.29, 0.717) is 18.2 Å². The summed E-state index contributed by atoms with van der Waals surface area (Å²) in [5, 5.41) is 15.7. The van der Waals surface area contributed by atoms with E-state index < -0.39 is 0 Å². The average Bonchev–Trinajstić information content (AvgIpc) is 2.70. The lowest BCUT2D eigenvalue weighted by Gasteiger charge is -2.13. The summed E-state index contributed by atoms with van der Waals surface area (Å²) >= 11 is 0. The Kier molecular flexibility index (Phi) is 4.98. The van der Waals surface area contributed by atoms with Crippen molar-refractivity contribution in [1.29, 1.82) is 0 Å². The van der Waals surface area contributed by atoms with E-state index in [-0.39, 0.29) is 12.5 Å². The molecule has 0 aliphatic heterocycles. The van der Waals surface area contributed by atoms with Gasteiger partial charge in [0.05, 0.1) is 0 Å². The summed E-state index contributed by atoms with van der Waals surface area (Å²) in [4.78, 5) is 11.6. The van der Waals surface area contributed by atoms with Crippen LogP contribution in [-0.2, 0) is 7.05 Å². The number of carbonyl (C=O) groups excluding carboxylic acids is 1. The summed E-state index contributed by atoms with van der Waals surface area (Å²) in [6, 6.07) is 1.68. The van der Waals surface area contributed by atoms with Crippen LogP contribution in [0.2, 0.25) is 0 Å². The van der Waals surface area contributed by atoms with Gasteiger partial charge in [0.25, 0.3) is 5.91 Å². The SMILES string of the molecule is CCC(CCO)CNC(=O)c1ccn(C)n1. The highest BCUT2D eigenvalue weighted by atomic mass is 16.3. The second-order valence-electron chi connectivity index (χ2n) is 3.87. The van der Waals surface area contributed by atoms with Crippen molar-refractivity contribution in [3.8, 4) is 0 Å². The molecule has 16 heavy (non-hydrogen) atoms. The molecule has 0 spiro atoms. The van der Waals surface area contributed by atoms with Crippen LogP contribution in [0.4, 0.5) is 0 Å². The third-order valence-electron chi connectivity index (χ3n) is 2.61. The van der Waals surface area contributed by atoms with E-state index in [0.717, 1.165) is 12.8 Å². The van der Waals surface area contributed by atoms with E-state index in [1.54, 1.807) is 24.0 Å². The number of amides is 1. The van der Waals surface area contributed by atoms with Crippen molar-refractivity contribution in [2.24, 2.45) is 13.0 Å². The Morgan fingerprint density at radius 1 is 1.69 bits per heavy atom. The fraction of sp³-hybridized carbons (Fsp3) is 0.636. The minimum absolute atomic E-state index is 0.156. The second-order valence-corrected chi connectivity index (χ2v) is 3.87. The minimum atomic E-state index is -0.156. The van der Waals surface area contributed by atoms with Crippen molar-refractivity contribution >= 4 is 5.91 Å². The molecule has 5 nitrogen and oxygen atoms in total. The molecule has 5 heteroatoms. The first-order valence-corrected chi connectivity index (χ1v) is 5.56. The summed E-state index contributed by atoms with van der Waals surface area (Å²) in [5.74, 6) is 0.176. The molecule has 0 saturated carbocycles. The summed E-state index contributed by atoms with van der Waals surface area (Å²) in [6.07, 6.45) is 3.40. The quantitative estimate of drug-likeness (QED) is 0.743. The van der Waals surface area contributed by atoms with Gasteiger partial charge in [-0.1, -0.05) is 13.3 Å². The first kappa shape index (κ1) is 12.7. The van der Waals surface area contributed by atoms with Crippen LogP contribution in [0.3, 0.4) is 0 Å². The standard InChI is InChI=1S/C11H19N3O2/c1-3-9(5-7-15)8-12-11(16)10-4-6-14(2)13-10/h4,6,9,15H,3,5,7-8H2,1-2H3,(H,12,16). The summed E-state index contributed by atoms with van der Waals surface area (Å²) in [5.41, 5.74) is 0.432. The number of aryl methyl sites for hydroxylation is 1. The maximum absolute atomic E-state index is 11.6. The number of nitrogens with zero attached hydrogens (tertiary/aromatic N) is 2. The van der Waals surface area contributed by atoms with Crippen LogP contribution in [0.1, 0.15) is 30.3 Å². The molecular formula is C11H19N3O2. The number of hydrogen-bond acceptors (Lipinski definition) is 3. The van der Waals surface area contributed by atoms with Crippen molar-refractivity contribution < 1.29 is 9.90 Å². The molecule has 0 aliphatic rings. The average molecular weight is 225 g/mol. The van der Waals surface area contributed by atoms with E-state index >= 15 is 0 Å². The van der Waals surface area contributed by atoms with Crippen LogP contribution in [0.15, 0.2) is 12.3 Å². The molecule has 90 valence electrons. The van der Waals surface area contributed by atoms with Crippen molar-refractivity contribution in [1.82, 2.24) is 15.1 Å². The van der Waals surface area contributed by atoms with Crippen LogP contribution in [-0.4, -0.2) is 33.9 Å². The molecule has 0 bridgehead atoms. The van der Waals surface area contributed by atoms with Crippen LogP contribution in [0.25, 0.3) is 0 Å². The molecule has 1 atom stereocenters. The predicted octanol–water partition coefficient (Wildman–Crippen LogP) is 0.558. The molecular weight excluding hydrogens is 206 g/mol. The molecule has 0 fully saturated rings. The van der Waals surface area contributed by atoms with Crippen LogP contribution >= 0.6 is 0 Å². The number of nitrogens with one attached hydrogen (secondary N) is 1. The van der Waals surface area contributed by atoms with Gasteiger partial charge in [-0.25, -0.2) is 0 Å². The van der Waals surface area contributed by atoms with Crippen molar-refractivity contribution in [3.63, 3.8) is 0 Å². The van der Waals surface area contributed by atoms with Gasteiger partial charge >= 0.3 is 0 Å². The normalized spacial score (nSPS) is 12.4. The van der Waals surface area contributed by atoms with E-state index in [2.05, 4.69) is 10.4 Å². The Labute approximate surface area is 95.5 Å². The van der Waals surface area contributed by atoms with Gasteiger partial charge in [0, 0.05) is 26.4 Å². The molecule has 0 radical (unpaired) electrons. The highest BCUT2D eigenvalue weighted by Gasteiger charge is 2.11. The fourth-order valence-corrected chi connectivity index (χ4v) is 1.50. The zero-order chi connectivity index (χ0) is 12.0. The Bertz CT molecular complexity index is 336. The molecule has 1 unspecified atom stereocenters. The smallest absolute Gasteiger partial charge is 0.271 e. The third-order valence-corrected chi connectivity index (χ3v) is 2.61. The molecule has 0 aliphatic carbocycles. The summed E-state index contributed by atoms with van der Waals surface area (Å²) in [7, 11) is 1.78. The van der Waals surface area contributed by atoms with Gasteiger partial charge in [0.15, 0.2) is 0 Å². The topological polar surface area (TPSA) is 67.2 Å². The summed E-state index contributed by atoms with van der Waals surface area (Å²) < 4.78 is 1.60. The third kappa shape index (κ3) is 3.66. The largest absolute Gasteiger partial charge is 0.396 e. The number of carbonyl (C=O) groups is 1. The second kappa shape index (κ2) is 6.27.